The normalized spacial score (nSPS) is 16.0. The van der Waals surface area contributed by atoms with Crippen LogP contribution in [0.4, 0.5) is 0 Å². The molecule has 5 nitrogen and oxygen atoms in total. The maximum absolute atomic E-state index is 12.9. The summed E-state index contributed by atoms with van der Waals surface area (Å²) >= 11 is 6.10. The smallest absolute Gasteiger partial charge is 0.257 e. The summed E-state index contributed by atoms with van der Waals surface area (Å²) in [4.78, 5) is 14.8. The highest BCUT2D eigenvalue weighted by atomic mass is 35.5. The predicted octanol–water partition coefficient (Wildman–Crippen LogP) is 3.21. The second kappa shape index (κ2) is 6.95. The van der Waals surface area contributed by atoms with Crippen molar-refractivity contribution < 1.29 is 4.79 Å². The molecule has 1 aromatic carbocycles. The van der Waals surface area contributed by atoms with E-state index in [4.69, 9.17) is 17.3 Å². The molecule has 2 heterocycles. The topological polar surface area (TPSA) is 64.2 Å². The fourth-order valence-corrected chi connectivity index (χ4v) is 3.35. The van der Waals surface area contributed by atoms with Gasteiger partial charge in [-0.15, -0.1) is 0 Å². The molecule has 128 valence electrons. The van der Waals surface area contributed by atoms with E-state index in [1.165, 1.54) is 0 Å². The molecular formula is C18H23ClN4O. The van der Waals surface area contributed by atoms with E-state index in [1.807, 2.05) is 33.8 Å². The van der Waals surface area contributed by atoms with Crippen LogP contribution < -0.4 is 5.73 Å². The molecule has 1 amide bonds. The Morgan fingerprint density at radius 2 is 2.04 bits per heavy atom. The minimum atomic E-state index is 0.0406. The molecule has 24 heavy (non-hydrogen) atoms. The van der Waals surface area contributed by atoms with Crippen LogP contribution in [0.15, 0.2) is 30.5 Å². The summed E-state index contributed by atoms with van der Waals surface area (Å²) in [5.41, 5.74) is 8.39. The number of amides is 1. The van der Waals surface area contributed by atoms with Gasteiger partial charge in [-0.3, -0.25) is 4.79 Å². The van der Waals surface area contributed by atoms with Crippen molar-refractivity contribution in [3.8, 4) is 5.69 Å². The summed E-state index contributed by atoms with van der Waals surface area (Å²) < 4.78 is 1.82. The van der Waals surface area contributed by atoms with Gasteiger partial charge in [0.05, 0.1) is 23.1 Å². The van der Waals surface area contributed by atoms with Gasteiger partial charge in [-0.2, -0.15) is 5.10 Å². The Morgan fingerprint density at radius 3 is 2.67 bits per heavy atom. The van der Waals surface area contributed by atoms with Crippen LogP contribution in [0.3, 0.4) is 0 Å². The van der Waals surface area contributed by atoms with Gasteiger partial charge in [-0.05, 0) is 37.0 Å². The molecular weight excluding hydrogens is 324 g/mol. The number of hydrogen-bond donors (Lipinski definition) is 1. The highest BCUT2D eigenvalue weighted by molar-refractivity contribution is 6.30. The molecule has 0 bridgehead atoms. The van der Waals surface area contributed by atoms with Gasteiger partial charge in [0.25, 0.3) is 5.91 Å². The lowest BCUT2D eigenvalue weighted by molar-refractivity contribution is 0.0713. The van der Waals surface area contributed by atoms with Crippen LogP contribution in [0.2, 0.25) is 5.02 Å². The molecule has 2 aromatic rings. The van der Waals surface area contributed by atoms with E-state index in [0.29, 0.717) is 23.7 Å². The van der Waals surface area contributed by atoms with E-state index in [1.54, 1.807) is 6.20 Å². The largest absolute Gasteiger partial charge is 0.338 e. The molecule has 6 heteroatoms. The van der Waals surface area contributed by atoms with Crippen LogP contribution in [0, 0.1) is 0 Å². The lowest BCUT2D eigenvalue weighted by atomic mass is 10.0. The number of aromatic nitrogens is 2. The molecule has 2 N–H and O–H groups in total. The van der Waals surface area contributed by atoms with Crippen LogP contribution in [0.25, 0.3) is 5.69 Å². The summed E-state index contributed by atoms with van der Waals surface area (Å²) in [7, 11) is 0. The summed E-state index contributed by atoms with van der Waals surface area (Å²) in [6.07, 6.45) is 3.38. The quantitative estimate of drug-likeness (QED) is 0.928. The highest BCUT2D eigenvalue weighted by Crippen LogP contribution is 2.26. The summed E-state index contributed by atoms with van der Waals surface area (Å²) in [6, 6.07) is 7.71. The molecule has 1 saturated heterocycles. The molecule has 0 aliphatic carbocycles. The third-order valence-corrected chi connectivity index (χ3v) is 4.70. The minimum absolute atomic E-state index is 0.0406. The SMILES string of the molecule is CC(C)c1c(C(=O)N2CCC(N)CC2)cnn1-c1cccc(Cl)c1. The number of carbonyl (C=O) groups is 1. The molecule has 1 aromatic heterocycles. The zero-order valence-corrected chi connectivity index (χ0v) is 14.8. The third kappa shape index (κ3) is 3.32. The van der Waals surface area contributed by atoms with Crippen LogP contribution in [0.1, 0.15) is 48.7 Å². The Kier molecular flexibility index (Phi) is 4.92. The Hall–Kier alpha value is -1.85. The van der Waals surface area contributed by atoms with Crippen molar-refractivity contribution in [2.75, 3.05) is 13.1 Å². The summed E-state index contributed by atoms with van der Waals surface area (Å²) in [6.45, 7) is 5.56. The van der Waals surface area contributed by atoms with Gasteiger partial charge in [0.15, 0.2) is 0 Å². The predicted molar refractivity (Wildman–Crippen MR) is 95.8 cm³/mol. The van der Waals surface area contributed by atoms with Crippen LogP contribution >= 0.6 is 11.6 Å². The molecule has 0 atom stereocenters. The second-order valence-electron chi connectivity index (χ2n) is 6.62. The first-order chi connectivity index (χ1) is 11.5. The number of carbonyl (C=O) groups excluding carboxylic acids is 1. The lowest BCUT2D eigenvalue weighted by Gasteiger charge is -2.30. The summed E-state index contributed by atoms with van der Waals surface area (Å²) in [5, 5.41) is 5.11. The zero-order valence-electron chi connectivity index (χ0n) is 14.1. The molecule has 1 fully saturated rings. The number of halogens is 1. The van der Waals surface area contributed by atoms with Crippen molar-refractivity contribution in [3.63, 3.8) is 0 Å². The first-order valence-corrected chi connectivity index (χ1v) is 8.74. The molecule has 1 aliphatic rings. The number of nitrogens with two attached hydrogens (primary N) is 1. The van der Waals surface area contributed by atoms with E-state index in [-0.39, 0.29) is 17.9 Å². The second-order valence-corrected chi connectivity index (χ2v) is 7.06. The lowest BCUT2D eigenvalue weighted by Crippen LogP contribution is -2.43. The first-order valence-electron chi connectivity index (χ1n) is 8.36. The number of rotatable bonds is 3. The van der Waals surface area contributed by atoms with E-state index in [0.717, 1.165) is 24.2 Å². The molecule has 1 aliphatic heterocycles. The molecule has 0 unspecified atom stereocenters. The highest BCUT2D eigenvalue weighted by Gasteiger charge is 2.27. The van der Waals surface area contributed by atoms with Crippen molar-refractivity contribution >= 4 is 17.5 Å². The molecule has 3 rings (SSSR count). The third-order valence-electron chi connectivity index (χ3n) is 4.46. The Balaban J connectivity index is 1.96. The van der Waals surface area contributed by atoms with E-state index < -0.39 is 0 Å². The van der Waals surface area contributed by atoms with Gasteiger partial charge in [-0.1, -0.05) is 31.5 Å². The Labute approximate surface area is 147 Å². The van der Waals surface area contributed by atoms with Crippen molar-refractivity contribution in [1.29, 1.82) is 0 Å². The molecule has 0 saturated carbocycles. The first kappa shape index (κ1) is 17.0. The number of likely N-dealkylation sites (tertiary alicyclic amines) is 1. The maximum atomic E-state index is 12.9. The average Bonchev–Trinajstić information content (AvgIpc) is 3.00. The zero-order chi connectivity index (χ0) is 17.3. The van der Waals surface area contributed by atoms with Gasteiger partial charge in [-0.25, -0.2) is 4.68 Å². The average molecular weight is 347 g/mol. The summed E-state index contributed by atoms with van der Waals surface area (Å²) in [5.74, 6) is 0.205. The van der Waals surface area contributed by atoms with Gasteiger partial charge in [0.2, 0.25) is 0 Å². The van der Waals surface area contributed by atoms with E-state index in [2.05, 4.69) is 18.9 Å². The van der Waals surface area contributed by atoms with Gasteiger partial charge >= 0.3 is 0 Å². The maximum Gasteiger partial charge on any atom is 0.257 e. The fourth-order valence-electron chi connectivity index (χ4n) is 3.16. The van der Waals surface area contributed by atoms with Gasteiger partial charge < -0.3 is 10.6 Å². The monoisotopic (exact) mass is 346 g/mol. The minimum Gasteiger partial charge on any atom is -0.338 e. The number of piperidine rings is 1. The van der Waals surface area contributed by atoms with Crippen LogP contribution in [-0.2, 0) is 0 Å². The number of hydrogen-bond acceptors (Lipinski definition) is 3. The Bertz CT molecular complexity index is 732. The number of nitrogens with zero attached hydrogens (tertiary/aromatic N) is 3. The van der Waals surface area contributed by atoms with E-state index >= 15 is 0 Å². The van der Waals surface area contributed by atoms with Crippen molar-refractivity contribution in [3.05, 3.63) is 46.7 Å². The molecule has 0 spiro atoms. The van der Waals surface area contributed by atoms with Crippen molar-refractivity contribution in [2.24, 2.45) is 5.73 Å². The van der Waals surface area contributed by atoms with Crippen LogP contribution in [-0.4, -0.2) is 39.7 Å². The number of benzene rings is 1. The van der Waals surface area contributed by atoms with Gasteiger partial charge in [0, 0.05) is 24.2 Å². The fraction of sp³-hybridized carbons (Fsp3) is 0.444. The van der Waals surface area contributed by atoms with Crippen molar-refractivity contribution in [2.45, 2.75) is 38.6 Å². The molecule has 0 radical (unpaired) electrons. The van der Waals surface area contributed by atoms with Crippen molar-refractivity contribution in [1.82, 2.24) is 14.7 Å². The standard InChI is InChI=1S/C18H23ClN4O/c1-12(2)17-16(18(24)22-8-6-14(20)7-9-22)11-21-23(17)15-5-3-4-13(19)10-15/h3-5,10-12,14H,6-9,20H2,1-2H3. The van der Waals surface area contributed by atoms with Gasteiger partial charge in [0.1, 0.15) is 0 Å². The Morgan fingerprint density at radius 1 is 1.33 bits per heavy atom. The van der Waals surface area contributed by atoms with Crippen LogP contribution in [0.5, 0.6) is 0 Å². The van der Waals surface area contributed by atoms with E-state index in [9.17, 15) is 4.79 Å².